The molecule has 0 radical (unpaired) electrons. The van der Waals surface area contributed by atoms with Gasteiger partial charge in [-0.3, -0.25) is 4.79 Å². The number of carbonyl (C=O) groups excluding carboxylic acids is 3. The van der Waals surface area contributed by atoms with Crippen molar-refractivity contribution < 1.29 is 43.6 Å². The number of nitrogens with two attached hydrogens (primary N) is 1. The van der Waals surface area contributed by atoms with Gasteiger partial charge in [0.15, 0.2) is 11.2 Å². The number of anilines is 1. The summed E-state index contributed by atoms with van der Waals surface area (Å²) in [5.41, 5.74) is 7.49. The summed E-state index contributed by atoms with van der Waals surface area (Å²) in [7, 11) is 5.27. The number of benzene rings is 1. The van der Waals surface area contributed by atoms with E-state index in [1.54, 1.807) is 59.0 Å². The minimum absolute atomic E-state index is 0.0117. The second-order valence-corrected chi connectivity index (χ2v) is 19.9. The molecule has 1 amide bonds. The van der Waals surface area contributed by atoms with Gasteiger partial charge in [0, 0.05) is 103 Å². The molecule has 9 atom stereocenters. The molecule has 1 aromatic carbocycles. The van der Waals surface area contributed by atoms with Gasteiger partial charge in [0.2, 0.25) is 5.91 Å². The van der Waals surface area contributed by atoms with Crippen molar-refractivity contribution in [3.05, 3.63) is 86.4 Å². The van der Waals surface area contributed by atoms with Gasteiger partial charge in [-0.2, -0.15) is 0 Å². The number of aldehydes is 1. The maximum absolute atomic E-state index is 14.5. The number of aromatic nitrogens is 1. The molecule has 5 heterocycles. The van der Waals surface area contributed by atoms with Gasteiger partial charge in [-0.1, -0.05) is 39.3 Å². The van der Waals surface area contributed by atoms with E-state index in [2.05, 4.69) is 16.4 Å². The van der Waals surface area contributed by atoms with Crippen molar-refractivity contribution in [1.29, 1.82) is 0 Å². The highest BCUT2D eigenvalue weighted by atomic mass is 33.1. The van der Waals surface area contributed by atoms with Crippen molar-refractivity contribution in [3.63, 3.8) is 0 Å². The van der Waals surface area contributed by atoms with Crippen LogP contribution in [0.1, 0.15) is 67.7 Å². The first-order valence-electron chi connectivity index (χ1n) is 21.0. The number of nitrogens with one attached hydrogen (secondary N) is 1. The molecular formula is C45H54N4O10S2. The zero-order valence-corrected chi connectivity index (χ0v) is 36.3. The number of allylic oxidation sites excluding steroid dienone is 1. The minimum Gasteiger partial charge on any atom is -0.481 e. The molecule has 5 aliphatic rings. The predicted octanol–water partition coefficient (Wildman–Crippen LogP) is 3.66. The lowest BCUT2D eigenvalue weighted by molar-refractivity contribution is -0.183. The third-order valence-electron chi connectivity index (χ3n) is 13.8. The number of pyridine rings is 1. The molecule has 61 heavy (non-hydrogen) atoms. The van der Waals surface area contributed by atoms with Gasteiger partial charge in [-0.05, 0) is 81.0 Å². The molecule has 1 saturated heterocycles. The second kappa shape index (κ2) is 17.5. The van der Waals surface area contributed by atoms with Crippen LogP contribution in [0.3, 0.4) is 0 Å². The smallest absolute Gasteiger partial charge is 0.339 e. The summed E-state index contributed by atoms with van der Waals surface area (Å²) in [4.78, 5) is 60.6. The Hall–Kier alpha value is -4.19. The zero-order chi connectivity index (χ0) is 43.2. The van der Waals surface area contributed by atoms with Crippen LogP contribution in [0, 0.1) is 17.8 Å². The highest BCUT2D eigenvalue weighted by Gasteiger charge is 2.64. The summed E-state index contributed by atoms with van der Waals surface area (Å²) in [6, 6.07) is 7.14. The number of aliphatic hydroxyl groups excluding tert-OH is 3. The van der Waals surface area contributed by atoms with Gasteiger partial charge in [-0.15, -0.1) is 0 Å². The van der Waals surface area contributed by atoms with E-state index in [1.807, 2.05) is 24.9 Å². The van der Waals surface area contributed by atoms with Crippen LogP contribution in [-0.4, -0.2) is 111 Å². The van der Waals surface area contributed by atoms with Gasteiger partial charge >= 0.3 is 11.6 Å². The van der Waals surface area contributed by atoms with Crippen LogP contribution < -0.4 is 21.4 Å². The standard InChI is InChI=1S/C45H54N4O10S2/c1-4-25(7-10-51)43(56)59-44(2)8-5-26-23-60-61-36-14-31(22-53)40(47-3)33-20-49(41(33)36)38(54)15-30-19-48-37(46)16-32(30)39(26)45(44)18-29-13-27-12-28(11-24(21-52)6-9-50)42(55)57-34(27)17-35(29)58-45/h4-5,12-13,16-17,19,22,24,31,33,36,39-41,47,50-52H,6-11,14-15,18,20-21,23H2,1-3H3,(H2,46,48)/b25-4+/t24-,31-,33-,36-,39-,40+,41-,44-,45-/m1/s1. The number of hydrogen-bond acceptors (Lipinski definition) is 15. The Morgan fingerprint density at radius 1 is 1.18 bits per heavy atom. The first kappa shape index (κ1) is 43.5. The average Bonchev–Trinajstić information content (AvgIpc) is 3.60. The summed E-state index contributed by atoms with van der Waals surface area (Å²) >= 11 is 0. The zero-order valence-electron chi connectivity index (χ0n) is 34.6. The van der Waals surface area contributed by atoms with Gasteiger partial charge in [0.05, 0.1) is 18.4 Å². The fourth-order valence-electron chi connectivity index (χ4n) is 10.6. The molecule has 6 N–H and O–H groups in total. The van der Waals surface area contributed by atoms with E-state index in [9.17, 15) is 34.5 Å². The summed E-state index contributed by atoms with van der Waals surface area (Å²) in [5, 5.41) is 33.3. The molecule has 2 aliphatic carbocycles. The third-order valence-corrected chi connectivity index (χ3v) is 16.6. The third kappa shape index (κ3) is 7.71. The summed E-state index contributed by atoms with van der Waals surface area (Å²) in [5.74, 6) is -0.341. The van der Waals surface area contributed by atoms with E-state index in [0.717, 1.165) is 23.0 Å². The number of hydrogen-bond donors (Lipinski definition) is 5. The number of nitrogens with zero attached hydrogens (tertiary/aromatic N) is 2. The highest BCUT2D eigenvalue weighted by molar-refractivity contribution is 8.77. The number of aliphatic hydroxyl groups is 3. The van der Waals surface area contributed by atoms with Gasteiger partial charge < -0.3 is 50.0 Å². The highest BCUT2D eigenvalue weighted by Crippen LogP contribution is 2.59. The summed E-state index contributed by atoms with van der Waals surface area (Å²) in [6.45, 7) is 3.57. The van der Waals surface area contributed by atoms with Crippen LogP contribution in [0.5, 0.6) is 5.75 Å². The monoisotopic (exact) mass is 874 g/mol. The Kier molecular flexibility index (Phi) is 12.5. The SMILES string of the molecule is C/C=C(\CCO)C(=O)O[C@]1(C)CC=C2CSS[C@@H]3C[C@H](C=O)[C@H](NC)[C@H]4CN(C(=O)Cc5cnc(N)cc5[C@@H]2[C@]12Cc1cc5cc(C[C@H](CO)CCO)c(=O)oc5cc1O2)[C@H]43. The number of carbonyl (C=O) groups is 3. The fourth-order valence-corrected chi connectivity index (χ4v) is 13.7. The van der Waals surface area contributed by atoms with E-state index in [0.29, 0.717) is 58.6 Å². The molecule has 3 aliphatic heterocycles. The van der Waals surface area contributed by atoms with E-state index < -0.39 is 28.7 Å². The van der Waals surface area contributed by atoms with Crippen molar-refractivity contribution in [1.82, 2.24) is 15.2 Å². The largest absolute Gasteiger partial charge is 0.481 e. The number of esters is 1. The maximum atomic E-state index is 14.5. The molecule has 3 aromatic rings. The molecule has 1 spiro atoms. The lowest BCUT2D eigenvalue weighted by Gasteiger charge is -2.58. The van der Waals surface area contributed by atoms with E-state index >= 15 is 0 Å². The first-order chi connectivity index (χ1) is 29.4. The van der Waals surface area contributed by atoms with Crippen LogP contribution in [-0.2, 0) is 38.4 Å². The Morgan fingerprint density at radius 3 is 2.72 bits per heavy atom. The van der Waals surface area contributed by atoms with Gasteiger partial charge in [0.25, 0.3) is 0 Å². The van der Waals surface area contributed by atoms with Crippen molar-refractivity contribution >= 4 is 56.5 Å². The van der Waals surface area contributed by atoms with Crippen LogP contribution in [0.4, 0.5) is 5.82 Å². The first-order valence-corrected chi connectivity index (χ1v) is 23.4. The predicted molar refractivity (Wildman–Crippen MR) is 233 cm³/mol. The van der Waals surface area contributed by atoms with Crippen molar-refractivity contribution in [2.45, 2.75) is 93.2 Å². The maximum Gasteiger partial charge on any atom is 0.339 e. The van der Waals surface area contributed by atoms with Crippen molar-refractivity contribution in [3.8, 4) is 5.75 Å². The molecule has 14 nitrogen and oxygen atoms in total. The molecule has 2 fully saturated rings. The van der Waals surface area contributed by atoms with Crippen LogP contribution in [0.25, 0.3) is 11.0 Å². The van der Waals surface area contributed by atoms with Gasteiger partial charge in [-0.25, -0.2) is 14.6 Å². The molecule has 0 unspecified atom stereocenters. The number of nitrogen functional groups attached to an aromatic ring is 1. The van der Waals surface area contributed by atoms with Gasteiger partial charge in [0.1, 0.15) is 23.4 Å². The average molecular weight is 875 g/mol. The number of rotatable bonds is 11. The van der Waals surface area contributed by atoms with Crippen molar-refractivity contribution in [2.24, 2.45) is 17.8 Å². The Labute approximate surface area is 362 Å². The molecular weight excluding hydrogens is 821 g/mol. The van der Waals surface area contributed by atoms with E-state index in [1.165, 1.54) is 0 Å². The Bertz CT molecular complexity index is 2340. The Balaban J connectivity index is 1.26. The van der Waals surface area contributed by atoms with Crippen LogP contribution in [0.2, 0.25) is 0 Å². The van der Waals surface area contributed by atoms with E-state index in [-0.39, 0.29) is 98.7 Å². The van der Waals surface area contributed by atoms with Crippen molar-refractivity contribution in [2.75, 3.05) is 44.9 Å². The molecule has 0 bridgehead atoms. The number of ether oxygens (including phenoxy) is 2. The summed E-state index contributed by atoms with van der Waals surface area (Å²) in [6.07, 6.45) is 8.34. The fraction of sp³-hybridized carbons (Fsp3) is 0.533. The molecule has 16 heteroatoms. The summed E-state index contributed by atoms with van der Waals surface area (Å²) < 4.78 is 19.8. The quantitative estimate of drug-likeness (QED) is 0.0465. The molecule has 2 aromatic heterocycles. The van der Waals surface area contributed by atoms with Crippen LogP contribution in [0.15, 0.2) is 63.0 Å². The second-order valence-electron chi connectivity index (χ2n) is 17.2. The van der Waals surface area contributed by atoms with Crippen LogP contribution >= 0.6 is 21.6 Å². The normalized spacial score (nSPS) is 30.1. The van der Waals surface area contributed by atoms with E-state index in [4.69, 9.17) is 19.6 Å². The lowest BCUT2D eigenvalue weighted by atomic mass is 9.61. The minimum atomic E-state index is -1.33. The molecule has 1 saturated carbocycles. The number of fused-ring (bicyclic) bond motifs is 6. The topological polar surface area (TPSA) is 215 Å². The molecule has 8 rings (SSSR count). The lowest BCUT2D eigenvalue weighted by Crippen LogP contribution is -2.72. The Morgan fingerprint density at radius 2 is 2.00 bits per heavy atom. The molecule has 326 valence electrons. The number of amides is 1.